The predicted octanol–water partition coefficient (Wildman–Crippen LogP) is 6.44. The summed E-state index contributed by atoms with van der Waals surface area (Å²) in [6, 6.07) is 6.72. The minimum atomic E-state index is -2.77. The number of benzene rings is 2. The first-order valence-corrected chi connectivity index (χ1v) is 13.4. The fourth-order valence-electron chi connectivity index (χ4n) is 5.12. The molecular formula is C30H30F7N5O. The van der Waals surface area contributed by atoms with Gasteiger partial charge in [-0.05, 0) is 49.7 Å². The third-order valence-corrected chi connectivity index (χ3v) is 7.17. The normalized spacial score (nSPS) is 13.4. The van der Waals surface area contributed by atoms with Crippen molar-refractivity contribution in [3.8, 4) is 0 Å². The molecule has 0 aliphatic carbocycles. The van der Waals surface area contributed by atoms with Crippen molar-refractivity contribution in [1.29, 1.82) is 0 Å². The largest absolute Gasteiger partial charge is 0.382 e. The highest BCUT2D eigenvalue weighted by atomic mass is 19.3. The zero-order valence-corrected chi connectivity index (χ0v) is 23.7. The van der Waals surface area contributed by atoms with Crippen LogP contribution < -0.4 is 20.7 Å². The number of aromatic nitrogens is 2. The summed E-state index contributed by atoms with van der Waals surface area (Å²) < 4.78 is 93.0. The van der Waals surface area contributed by atoms with Crippen molar-refractivity contribution >= 4 is 28.0 Å². The Labute approximate surface area is 243 Å². The van der Waals surface area contributed by atoms with Gasteiger partial charge in [-0.2, -0.15) is 0 Å². The average molecular weight is 610 g/mol. The monoisotopic (exact) mass is 609 g/mol. The van der Waals surface area contributed by atoms with Crippen molar-refractivity contribution in [2.24, 2.45) is 7.05 Å². The predicted molar refractivity (Wildman–Crippen MR) is 153 cm³/mol. The van der Waals surface area contributed by atoms with Crippen LogP contribution >= 0.6 is 0 Å². The molecule has 1 saturated heterocycles. The van der Waals surface area contributed by atoms with Crippen LogP contribution in [0.5, 0.6) is 0 Å². The first kappa shape index (κ1) is 31.6. The van der Waals surface area contributed by atoms with Crippen LogP contribution in [-0.2, 0) is 7.05 Å². The Morgan fingerprint density at radius 1 is 0.907 bits per heavy atom. The molecule has 0 saturated carbocycles. The highest BCUT2D eigenvalue weighted by Crippen LogP contribution is 2.30. The lowest BCUT2D eigenvalue weighted by Gasteiger charge is -2.38. The topological polar surface area (TPSA) is 53.4 Å². The molecule has 0 unspecified atom stereocenters. The second kappa shape index (κ2) is 13.3. The van der Waals surface area contributed by atoms with Crippen LogP contribution in [0, 0.1) is 37.1 Å². The third-order valence-electron chi connectivity index (χ3n) is 7.17. The number of aryl methyl sites for hydroxylation is 2. The Kier molecular flexibility index (Phi) is 9.82. The molecule has 0 bridgehead atoms. The summed E-state index contributed by atoms with van der Waals surface area (Å²) in [4.78, 5) is 20.6. The second-order valence-electron chi connectivity index (χ2n) is 10.0. The first-order chi connectivity index (χ1) is 20.4. The number of rotatable bonds is 6. The maximum atomic E-state index is 15.4. The molecule has 0 radical (unpaired) electrons. The van der Waals surface area contributed by atoms with E-state index in [-0.39, 0.29) is 28.8 Å². The molecule has 13 heteroatoms. The van der Waals surface area contributed by atoms with Crippen molar-refractivity contribution in [2.75, 3.05) is 54.5 Å². The van der Waals surface area contributed by atoms with Crippen LogP contribution in [0.3, 0.4) is 0 Å². The van der Waals surface area contributed by atoms with Gasteiger partial charge in [0.25, 0.3) is 12.0 Å². The van der Waals surface area contributed by atoms with E-state index in [4.69, 9.17) is 0 Å². The Bertz CT molecular complexity index is 1670. The summed E-state index contributed by atoms with van der Waals surface area (Å²) >= 11 is 0. The number of hydrogen-bond donors (Lipinski definition) is 1. The summed E-state index contributed by atoms with van der Waals surface area (Å²) in [5.74, 6) is -2.04. The summed E-state index contributed by atoms with van der Waals surface area (Å²) in [6.45, 7) is 4.63. The molecular weight excluding hydrogens is 579 g/mol. The average Bonchev–Trinajstić information content (AvgIpc) is 2.97. The quantitative estimate of drug-likeness (QED) is 0.255. The van der Waals surface area contributed by atoms with E-state index in [1.165, 1.54) is 36.0 Å². The van der Waals surface area contributed by atoms with Gasteiger partial charge < -0.3 is 15.1 Å². The number of halogens is 7. The van der Waals surface area contributed by atoms with Crippen LogP contribution in [0.1, 0.15) is 23.2 Å². The zero-order valence-electron chi connectivity index (χ0n) is 23.7. The van der Waals surface area contributed by atoms with E-state index in [0.717, 1.165) is 23.9 Å². The molecule has 43 heavy (non-hydrogen) atoms. The molecule has 0 atom stereocenters. The molecule has 6 nitrogen and oxygen atoms in total. The molecule has 2 aromatic carbocycles. The van der Waals surface area contributed by atoms with E-state index < -0.39 is 47.5 Å². The molecule has 1 aliphatic rings. The number of alkyl halides is 3. The van der Waals surface area contributed by atoms with Crippen molar-refractivity contribution in [1.82, 2.24) is 9.55 Å². The maximum Gasteiger partial charge on any atom is 0.265 e. The first-order valence-electron chi connectivity index (χ1n) is 13.4. The minimum absolute atomic E-state index is 0.0337. The highest BCUT2D eigenvalue weighted by molar-refractivity contribution is 5.88. The van der Waals surface area contributed by atoms with Gasteiger partial charge in [0, 0.05) is 62.5 Å². The van der Waals surface area contributed by atoms with E-state index in [9.17, 15) is 31.1 Å². The summed E-state index contributed by atoms with van der Waals surface area (Å²) in [5, 5.41) is 2.63. The second-order valence-corrected chi connectivity index (χ2v) is 10.0. The number of piperazine rings is 1. The number of pyridine rings is 2. The molecule has 4 aromatic rings. The SMILES string of the molecule is Cc1ncc(F)cc1N1CCN(c2c(F)c3c(C)cc(F)cc3c(=O)n2C)CC1.FCCNc1ccc(F)cc1C(F)F. The van der Waals surface area contributed by atoms with Gasteiger partial charge in [-0.1, -0.05) is 0 Å². The van der Waals surface area contributed by atoms with Gasteiger partial charge in [-0.25, -0.2) is 30.7 Å². The van der Waals surface area contributed by atoms with Gasteiger partial charge in [-0.15, -0.1) is 0 Å². The van der Waals surface area contributed by atoms with Crippen LogP contribution in [0.2, 0.25) is 0 Å². The molecule has 0 amide bonds. The minimum Gasteiger partial charge on any atom is -0.382 e. The van der Waals surface area contributed by atoms with Gasteiger partial charge >= 0.3 is 0 Å². The number of nitrogens with one attached hydrogen (secondary N) is 1. The van der Waals surface area contributed by atoms with Crippen molar-refractivity contribution < 1.29 is 30.7 Å². The number of nitrogens with zero attached hydrogens (tertiary/aromatic N) is 4. The maximum absolute atomic E-state index is 15.4. The Balaban J connectivity index is 0.000000255. The molecule has 2 aromatic heterocycles. The van der Waals surface area contributed by atoms with Crippen LogP contribution in [0.25, 0.3) is 10.8 Å². The molecule has 1 fully saturated rings. The van der Waals surface area contributed by atoms with Crippen LogP contribution in [0.4, 0.5) is 47.9 Å². The molecule has 230 valence electrons. The van der Waals surface area contributed by atoms with Crippen LogP contribution in [0.15, 0.2) is 47.4 Å². The van der Waals surface area contributed by atoms with E-state index >= 15 is 4.39 Å². The summed E-state index contributed by atoms with van der Waals surface area (Å²) in [6.07, 6.45) is -1.59. The summed E-state index contributed by atoms with van der Waals surface area (Å²) in [5.41, 5.74) is 1.01. The lowest BCUT2D eigenvalue weighted by atomic mass is 10.1. The fourth-order valence-corrected chi connectivity index (χ4v) is 5.12. The van der Waals surface area contributed by atoms with E-state index in [2.05, 4.69) is 10.3 Å². The van der Waals surface area contributed by atoms with Gasteiger partial charge in [0.1, 0.15) is 29.9 Å². The van der Waals surface area contributed by atoms with Crippen molar-refractivity contribution in [3.05, 3.63) is 93.0 Å². The fraction of sp³-hybridized carbons (Fsp3) is 0.333. The smallest absolute Gasteiger partial charge is 0.265 e. The van der Waals surface area contributed by atoms with Gasteiger partial charge in [0.15, 0.2) is 5.82 Å². The standard InChI is InChI=1S/C21H21F3N4O.C9H9F4N/c1-12-8-14(22)9-16-18(12)19(24)20(26(3)21(16)29)28-6-4-27(5-7-28)17-10-15(23)11-25-13(17)2;10-3-4-14-8-2-1-6(11)5-7(8)9(12)13/h8-11H,4-7H2,1-3H3;1-2,5,9,14H,3-4H2. The third kappa shape index (κ3) is 6.86. The van der Waals surface area contributed by atoms with Gasteiger partial charge in [0.2, 0.25) is 0 Å². The van der Waals surface area contributed by atoms with E-state index in [1.807, 2.05) is 11.8 Å². The van der Waals surface area contributed by atoms with Crippen molar-refractivity contribution in [3.63, 3.8) is 0 Å². The molecule has 1 aliphatic heterocycles. The highest BCUT2D eigenvalue weighted by Gasteiger charge is 2.26. The van der Waals surface area contributed by atoms with E-state index in [0.29, 0.717) is 37.4 Å². The Hall–Kier alpha value is -4.29. The lowest BCUT2D eigenvalue weighted by Crippen LogP contribution is -2.48. The Morgan fingerprint density at radius 3 is 2.23 bits per heavy atom. The van der Waals surface area contributed by atoms with E-state index in [1.54, 1.807) is 11.8 Å². The van der Waals surface area contributed by atoms with Gasteiger partial charge in [-0.3, -0.25) is 14.3 Å². The van der Waals surface area contributed by atoms with Crippen molar-refractivity contribution in [2.45, 2.75) is 20.3 Å². The number of fused-ring (bicyclic) bond motifs is 1. The number of hydrogen-bond acceptors (Lipinski definition) is 5. The zero-order chi connectivity index (χ0) is 31.4. The van der Waals surface area contributed by atoms with Gasteiger partial charge in [0.05, 0.1) is 23.0 Å². The molecule has 0 spiro atoms. The molecule has 1 N–H and O–H groups in total. The number of anilines is 3. The molecule has 5 rings (SSSR count). The van der Waals surface area contributed by atoms with Crippen LogP contribution in [-0.4, -0.2) is 48.9 Å². The Morgan fingerprint density at radius 2 is 1.58 bits per heavy atom. The molecule has 3 heterocycles. The lowest BCUT2D eigenvalue weighted by molar-refractivity contribution is 0.151. The summed E-state index contributed by atoms with van der Waals surface area (Å²) in [7, 11) is 1.49.